The maximum Gasteiger partial charge on any atom is 0.416 e. The summed E-state index contributed by atoms with van der Waals surface area (Å²) >= 11 is 0. The minimum absolute atomic E-state index is 0.0302. The molecule has 6 nitrogen and oxygen atoms in total. The zero-order chi connectivity index (χ0) is 25.0. The molecule has 9 heteroatoms. The Bertz CT molecular complexity index is 1260. The van der Waals surface area contributed by atoms with E-state index in [1.165, 1.54) is 39.2 Å². The van der Waals surface area contributed by atoms with E-state index in [0.717, 1.165) is 11.6 Å². The van der Waals surface area contributed by atoms with Crippen molar-refractivity contribution in [3.63, 3.8) is 0 Å². The van der Waals surface area contributed by atoms with E-state index < -0.39 is 17.5 Å². The number of H-pyrrole nitrogens is 1. The molecule has 1 N–H and O–H groups in total. The van der Waals surface area contributed by atoms with Crippen LogP contribution in [0, 0.1) is 6.92 Å². The Balaban J connectivity index is 1.94. The highest BCUT2D eigenvalue weighted by atomic mass is 19.4. The summed E-state index contributed by atoms with van der Waals surface area (Å²) in [7, 11) is 1.41. The van der Waals surface area contributed by atoms with Crippen LogP contribution in [-0.4, -0.2) is 28.9 Å². The Labute approximate surface area is 194 Å². The summed E-state index contributed by atoms with van der Waals surface area (Å²) in [6.07, 6.45) is -1.50. The largest absolute Gasteiger partial charge is 0.493 e. The number of aromatic nitrogens is 2. The molecular weight excluding hydrogens is 449 g/mol. The minimum Gasteiger partial charge on any atom is -0.493 e. The lowest BCUT2D eigenvalue weighted by atomic mass is 9.97. The monoisotopic (exact) mass is 472 g/mol. The number of ketones is 2. The molecule has 0 aliphatic heterocycles. The Morgan fingerprint density at radius 3 is 2.32 bits per heavy atom. The molecule has 2 aromatic carbocycles. The van der Waals surface area contributed by atoms with Crippen LogP contribution in [0.25, 0.3) is 5.57 Å². The summed E-state index contributed by atoms with van der Waals surface area (Å²) < 4.78 is 51.7. The fraction of sp³-hybridized carbons (Fsp3) is 0.240. The van der Waals surface area contributed by atoms with Gasteiger partial charge >= 0.3 is 6.18 Å². The first-order valence-corrected chi connectivity index (χ1v) is 10.3. The first-order valence-electron chi connectivity index (χ1n) is 10.3. The van der Waals surface area contributed by atoms with Crippen LogP contribution in [0.4, 0.5) is 13.2 Å². The fourth-order valence-electron chi connectivity index (χ4n) is 3.45. The lowest BCUT2D eigenvalue weighted by Crippen LogP contribution is -2.12. The van der Waals surface area contributed by atoms with Crippen LogP contribution in [0.15, 0.2) is 48.7 Å². The molecule has 0 bridgehead atoms. The molecule has 3 aromatic rings. The van der Waals surface area contributed by atoms with Crippen molar-refractivity contribution in [1.82, 2.24) is 10.2 Å². The number of Topliss-reactive ketones (excluding diaryl/α,β-unsaturated/α-hetero) is 1. The molecule has 0 atom stereocenters. The summed E-state index contributed by atoms with van der Waals surface area (Å²) in [5.74, 6) is -0.121. The number of allylic oxidation sites excluding steroid dienone is 1. The van der Waals surface area contributed by atoms with Crippen LogP contribution in [0.3, 0.4) is 0 Å². The maximum atomic E-state index is 13.5. The lowest BCUT2D eigenvalue weighted by molar-refractivity contribution is -0.138. The van der Waals surface area contributed by atoms with Gasteiger partial charge in [0.1, 0.15) is 6.61 Å². The van der Waals surface area contributed by atoms with Crippen molar-refractivity contribution in [2.45, 2.75) is 33.6 Å². The second kappa shape index (κ2) is 9.94. The first-order chi connectivity index (χ1) is 16.0. The summed E-state index contributed by atoms with van der Waals surface area (Å²) in [5.41, 5.74) is 1.60. The molecule has 0 spiro atoms. The Kier molecular flexibility index (Phi) is 7.24. The summed E-state index contributed by atoms with van der Waals surface area (Å²) in [5, 5.41) is 6.85. The average Bonchev–Trinajstić information content (AvgIpc) is 3.20. The van der Waals surface area contributed by atoms with Crippen LogP contribution in [0.5, 0.6) is 11.5 Å². The van der Waals surface area contributed by atoms with E-state index in [2.05, 4.69) is 10.2 Å². The molecule has 0 unspecified atom stereocenters. The molecule has 0 radical (unpaired) electrons. The number of rotatable bonds is 8. The molecule has 0 saturated carbocycles. The molecule has 1 aromatic heterocycles. The average molecular weight is 472 g/mol. The van der Waals surface area contributed by atoms with E-state index >= 15 is 0 Å². The highest BCUT2D eigenvalue weighted by Crippen LogP contribution is 2.36. The summed E-state index contributed by atoms with van der Waals surface area (Å²) in [6, 6.07) is 8.28. The van der Waals surface area contributed by atoms with Gasteiger partial charge in [-0.1, -0.05) is 18.2 Å². The third-order valence-electron chi connectivity index (χ3n) is 5.15. The van der Waals surface area contributed by atoms with E-state index in [1.807, 2.05) is 0 Å². The third kappa shape index (κ3) is 5.54. The Hall–Kier alpha value is -3.88. The highest BCUT2D eigenvalue weighted by Gasteiger charge is 2.34. The van der Waals surface area contributed by atoms with E-state index in [4.69, 9.17) is 9.47 Å². The molecule has 3 rings (SSSR count). The quantitative estimate of drug-likeness (QED) is 0.344. The van der Waals surface area contributed by atoms with Gasteiger partial charge in [-0.25, -0.2) is 0 Å². The van der Waals surface area contributed by atoms with Gasteiger partial charge in [-0.15, -0.1) is 0 Å². The van der Waals surface area contributed by atoms with Gasteiger partial charge in [0.15, 0.2) is 23.1 Å². The number of carbonyl (C=O) groups excluding carboxylic acids is 2. The predicted octanol–water partition coefficient (Wildman–Crippen LogP) is 5.55. The molecule has 0 saturated heterocycles. The van der Waals surface area contributed by atoms with E-state index in [1.54, 1.807) is 31.3 Å². The third-order valence-corrected chi connectivity index (χ3v) is 5.15. The number of hydrogen-bond acceptors (Lipinski definition) is 5. The lowest BCUT2D eigenvalue weighted by Gasteiger charge is -2.17. The number of nitrogens with one attached hydrogen (secondary N) is 1. The Morgan fingerprint density at radius 2 is 1.76 bits per heavy atom. The number of hydrogen-bond donors (Lipinski definition) is 1. The Morgan fingerprint density at radius 1 is 1.06 bits per heavy atom. The van der Waals surface area contributed by atoms with E-state index in [-0.39, 0.29) is 35.0 Å². The number of ether oxygens (including phenoxy) is 2. The number of aryl methyl sites for hydroxylation is 1. The number of methoxy groups -OCH3 is 1. The number of halogens is 3. The topological polar surface area (TPSA) is 81.3 Å². The molecule has 1 heterocycles. The molecule has 34 heavy (non-hydrogen) atoms. The fourth-order valence-corrected chi connectivity index (χ4v) is 3.45. The zero-order valence-corrected chi connectivity index (χ0v) is 19.0. The molecule has 0 aliphatic carbocycles. The van der Waals surface area contributed by atoms with Crippen molar-refractivity contribution in [1.29, 1.82) is 0 Å². The van der Waals surface area contributed by atoms with Crippen LogP contribution in [0.2, 0.25) is 0 Å². The van der Waals surface area contributed by atoms with Gasteiger partial charge in [0.25, 0.3) is 0 Å². The zero-order valence-electron chi connectivity index (χ0n) is 19.0. The number of nitrogens with zero attached hydrogens (tertiary/aromatic N) is 1. The van der Waals surface area contributed by atoms with E-state index in [0.29, 0.717) is 16.8 Å². The SMILES string of the molecule is COc1cc(/C(=C/C(C)=O)c2c[nH]nc2C)ccc1OCc1ccc(C(C)=O)cc1C(F)(F)F. The summed E-state index contributed by atoms with van der Waals surface area (Å²) in [4.78, 5) is 23.3. The number of aromatic amines is 1. The van der Waals surface area contributed by atoms with Crippen molar-refractivity contribution in [2.75, 3.05) is 7.11 Å². The van der Waals surface area contributed by atoms with Crippen LogP contribution in [-0.2, 0) is 17.6 Å². The van der Waals surface area contributed by atoms with Crippen molar-refractivity contribution in [2.24, 2.45) is 0 Å². The van der Waals surface area contributed by atoms with Gasteiger partial charge in [0.05, 0.1) is 18.4 Å². The second-order valence-electron chi connectivity index (χ2n) is 7.63. The van der Waals surface area contributed by atoms with Gasteiger partial charge < -0.3 is 9.47 Å². The van der Waals surface area contributed by atoms with Crippen LogP contribution < -0.4 is 9.47 Å². The molecule has 0 aliphatic rings. The summed E-state index contributed by atoms with van der Waals surface area (Å²) in [6.45, 7) is 4.04. The van der Waals surface area contributed by atoms with Crippen molar-refractivity contribution in [3.05, 3.63) is 82.2 Å². The van der Waals surface area contributed by atoms with Crippen molar-refractivity contribution >= 4 is 17.1 Å². The van der Waals surface area contributed by atoms with Gasteiger partial charge in [-0.05, 0) is 56.2 Å². The highest BCUT2D eigenvalue weighted by molar-refractivity contribution is 5.99. The molecular formula is C25H23F3N2O4. The second-order valence-corrected chi connectivity index (χ2v) is 7.63. The molecule has 178 valence electrons. The van der Waals surface area contributed by atoms with Gasteiger partial charge in [0.2, 0.25) is 0 Å². The number of carbonyl (C=O) groups is 2. The minimum atomic E-state index is -4.65. The van der Waals surface area contributed by atoms with Crippen LogP contribution in [0.1, 0.15) is 52.2 Å². The van der Waals surface area contributed by atoms with Crippen LogP contribution >= 0.6 is 0 Å². The normalized spacial score (nSPS) is 11.9. The first kappa shape index (κ1) is 24.8. The smallest absolute Gasteiger partial charge is 0.416 e. The van der Waals surface area contributed by atoms with Gasteiger partial charge in [-0.3, -0.25) is 14.7 Å². The van der Waals surface area contributed by atoms with E-state index in [9.17, 15) is 22.8 Å². The number of alkyl halides is 3. The molecule has 0 amide bonds. The van der Waals surface area contributed by atoms with Gasteiger partial charge in [0, 0.05) is 22.9 Å². The van der Waals surface area contributed by atoms with Crippen molar-refractivity contribution in [3.8, 4) is 11.5 Å². The van der Waals surface area contributed by atoms with Crippen molar-refractivity contribution < 1.29 is 32.2 Å². The predicted molar refractivity (Wildman–Crippen MR) is 120 cm³/mol. The molecule has 0 fully saturated rings. The van der Waals surface area contributed by atoms with Gasteiger partial charge in [-0.2, -0.15) is 18.3 Å². The maximum absolute atomic E-state index is 13.5. The standard InChI is InChI=1S/C25H23F3N2O4/c1-14(31)9-20(21-12-29-30-15(21)2)18-7-8-23(24(11-18)33-4)34-13-19-6-5-17(16(3)32)10-22(19)25(26,27)28/h5-12H,13H2,1-4H3,(H,29,30)/b20-9-. The number of benzene rings is 2.